The van der Waals surface area contributed by atoms with E-state index in [-0.39, 0.29) is 28.9 Å². The molecule has 19 heavy (non-hydrogen) atoms. The van der Waals surface area contributed by atoms with Gasteiger partial charge in [0.2, 0.25) is 0 Å². The third kappa shape index (κ3) is 6.22. The van der Waals surface area contributed by atoms with Crippen LogP contribution in [0.1, 0.15) is 10.4 Å². The van der Waals surface area contributed by atoms with Crippen LogP contribution in [0.3, 0.4) is 0 Å². The summed E-state index contributed by atoms with van der Waals surface area (Å²) in [7, 11) is 0. The van der Waals surface area contributed by atoms with Gasteiger partial charge in [-0.15, -0.1) is 4.47 Å². The van der Waals surface area contributed by atoms with Gasteiger partial charge in [0.25, 0.3) is 5.91 Å². The monoisotopic (exact) mass is 289 g/mol. The molecular weight excluding hydrogens is 282 g/mol. The van der Waals surface area contributed by atoms with Gasteiger partial charge in [0.1, 0.15) is 0 Å². The van der Waals surface area contributed by atoms with Crippen molar-refractivity contribution in [2.75, 3.05) is 6.61 Å². The third-order valence-corrected chi connectivity index (χ3v) is 2.21. The first-order valence-electron chi connectivity index (χ1n) is 4.50. The van der Waals surface area contributed by atoms with Crippen LogP contribution in [0, 0.1) is 0 Å². The quantitative estimate of drug-likeness (QED) is 0.381. The fraction of sp³-hybridized carbons (Fsp3) is 0.222. The Balaban J connectivity index is 0.00000324. The van der Waals surface area contributed by atoms with E-state index >= 15 is 0 Å². The largest absolute Gasteiger partial charge is 1.00 e. The second-order valence-electron chi connectivity index (χ2n) is 3.03. The molecule has 0 fully saturated rings. The first kappa shape index (κ1) is 18.1. The number of halogens is 3. The van der Waals surface area contributed by atoms with Crippen molar-refractivity contribution >= 4 is 17.2 Å². The van der Waals surface area contributed by atoms with E-state index in [1.54, 1.807) is 6.07 Å². The number of rotatable bonds is 4. The predicted octanol–water partition coefficient (Wildman–Crippen LogP) is -1.58. The third-order valence-electron chi connectivity index (χ3n) is 1.67. The molecule has 1 unspecified atom stereocenters. The van der Waals surface area contributed by atoms with Crippen LogP contribution >= 0.6 is 0 Å². The van der Waals surface area contributed by atoms with Crippen molar-refractivity contribution in [1.82, 2.24) is 4.47 Å². The predicted molar refractivity (Wildman–Crippen MR) is 53.5 cm³/mol. The Morgan fingerprint density at radius 1 is 1.32 bits per heavy atom. The van der Waals surface area contributed by atoms with Crippen LogP contribution in [0.2, 0.25) is 0 Å². The topological polar surface area (TPSA) is 69.7 Å². The molecule has 1 aromatic rings. The van der Waals surface area contributed by atoms with Gasteiger partial charge in [0, 0.05) is 5.56 Å². The Kier molecular flexibility index (Phi) is 7.32. The van der Waals surface area contributed by atoms with E-state index in [9.17, 15) is 26.7 Å². The minimum atomic E-state index is -4.74. The number of hydrogen-bond acceptors (Lipinski definition) is 4. The van der Waals surface area contributed by atoms with Crippen molar-refractivity contribution in [2.45, 2.75) is 6.18 Å². The summed E-state index contributed by atoms with van der Waals surface area (Å²) in [5.41, 5.74) is -0.108. The maximum absolute atomic E-state index is 11.9. The van der Waals surface area contributed by atoms with Gasteiger partial charge in [-0.3, -0.25) is 4.79 Å². The standard InChI is InChI=1S/C9H8F3NO4S.Li/c10-9(11,12)6-17-13(18(15)16)8(14)7-4-2-1-3-5-7;/h1-5H,6H2,(H,15,16);/q;+1/p-1. The molecule has 1 amide bonds. The molecule has 0 spiro atoms. The van der Waals surface area contributed by atoms with E-state index in [0.29, 0.717) is 0 Å². The number of carbonyl (C=O) groups is 1. The average Bonchev–Trinajstić information content (AvgIpc) is 2.28. The zero-order valence-electron chi connectivity index (χ0n) is 9.72. The number of amides is 1. The van der Waals surface area contributed by atoms with Crippen molar-refractivity contribution in [3.63, 3.8) is 0 Å². The molecule has 0 heterocycles. The number of benzene rings is 1. The number of alkyl halides is 3. The summed E-state index contributed by atoms with van der Waals surface area (Å²) in [6.45, 7) is -1.88. The molecule has 1 atom stereocenters. The summed E-state index contributed by atoms with van der Waals surface area (Å²) in [4.78, 5) is 15.5. The van der Waals surface area contributed by atoms with Gasteiger partial charge in [0.05, 0.1) is 11.3 Å². The molecule has 0 aromatic heterocycles. The van der Waals surface area contributed by atoms with Crippen molar-refractivity contribution in [2.24, 2.45) is 0 Å². The fourth-order valence-corrected chi connectivity index (χ4v) is 1.37. The zero-order chi connectivity index (χ0) is 13.8. The summed E-state index contributed by atoms with van der Waals surface area (Å²) >= 11 is -3.26. The van der Waals surface area contributed by atoms with E-state index < -0.39 is 30.0 Å². The maximum atomic E-state index is 11.9. The second-order valence-corrected chi connectivity index (χ2v) is 3.80. The molecule has 1 aromatic carbocycles. The van der Waals surface area contributed by atoms with E-state index in [1.165, 1.54) is 24.3 Å². The van der Waals surface area contributed by atoms with E-state index in [2.05, 4.69) is 4.84 Å². The first-order valence-corrected chi connectivity index (χ1v) is 5.53. The van der Waals surface area contributed by atoms with Gasteiger partial charge in [-0.05, 0) is 12.1 Å². The van der Waals surface area contributed by atoms with Gasteiger partial charge < -0.3 is 4.55 Å². The molecule has 0 bridgehead atoms. The van der Waals surface area contributed by atoms with Crippen molar-refractivity contribution in [3.8, 4) is 0 Å². The molecule has 0 aliphatic heterocycles. The van der Waals surface area contributed by atoms with Gasteiger partial charge in [-0.1, -0.05) is 18.2 Å². The van der Waals surface area contributed by atoms with E-state index in [1.807, 2.05) is 0 Å². The SMILES string of the molecule is O=C(c1ccccc1)N(OCC(F)(F)F)S(=O)[O-].[Li+]. The van der Waals surface area contributed by atoms with Crippen LogP contribution in [-0.4, -0.2) is 31.9 Å². The van der Waals surface area contributed by atoms with Crippen LogP contribution in [0.5, 0.6) is 0 Å². The molecule has 1 rings (SSSR count). The molecule has 0 saturated heterocycles. The Morgan fingerprint density at radius 3 is 2.26 bits per heavy atom. The van der Waals surface area contributed by atoms with Crippen molar-refractivity contribution in [3.05, 3.63) is 35.9 Å². The van der Waals surface area contributed by atoms with Gasteiger partial charge in [-0.25, -0.2) is 9.05 Å². The van der Waals surface area contributed by atoms with Gasteiger partial charge in [0.15, 0.2) is 6.61 Å². The summed E-state index contributed by atoms with van der Waals surface area (Å²) in [6, 6.07) is 6.93. The summed E-state index contributed by atoms with van der Waals surface area (Å²) in [5.74, 6) is -1.20. The fourth-order valence-electron chi connectivity index (χ4n) is 0.987. The van der Waals surface area contributed by atoms with E-state index in [4.69, 9.17) is 0 Å². The molecule has 0 saturated carbocycles. The minimum Gasteiger partial charge on any atom is -0.753 e. The smallest absolute Gasteiger partial charge is 0.753 e. The first-order chi connectivity index (χ1) is 8.31. The van der Waals surface area contributed by atoms with Crippen molar-refractivity contribution < 1.29 is 50.4 Å². The van der Waals surface area contributed by atoms with Crippen LogP contribution in [0.4, 0.5) is 13.2 Å². The Labute approximate surface area is 121 Å². The molecule has 0 aliphatic rings. The van der Waals surface area contributed by atoms with Crippen LogP contribution < -0.4 is 18.9 Å². The van der Waals surface area contributed by atoms with Crippen LogP contribution in [0.15, 0.2) is 30.3 Å². The Hall–Kier alpha value is -0.853. The number of hydroxylamine groups is 1. The molecule has 0 N–H and O–H groups in total. The normalized spacial score (nSPS) is 12.4. The molecular formula is C9H7F3LiNO4S. The molecule has 100 valence electrons. The zero-order valence-corrected chi connectivity index (χ0v) is 10.5. The summed E-state index contributed by atoms with van der Waals surface area (Å²) in [6.07, 6.45) is -4.74. The number of nitrogens with zero attached hydrogens (tertiary/aromatic N) is 1. The van der Waals surface area contributed by atoms with Crippen molar-refractivity contribution in [1.29, 1.82) is 0 Å². The molecule has 0 aliphatic carbocycles. The van der Waals surface area contributed by atoms with Crippen LogP contribution in [0.25, 0.3) is 0 Å². The number of carbonyl (C=O) groups excluding carboxylic acids is 1. The van der Waals surface area contributed by atoms with Gasteiger partial charge in [-0.2, -0.15) is 13.2 Å². The van der Waals surface area contributed by atoms with Crippen LogP contribution in [-0.2, 0) is 16.1 Å². The van der Waals surface area contributed by atoms with Gasteiger partial charge >= 0.3 is 25.0 Å². The summed E-state index contributed by atoms with van der Waals surface area (Å²) < 4.78 is 56.6. The maximum Gasteiger partial charge on any atom is 1.00 e. The second kappa shape index (κ2) is 7.67. The van der Waals surface area contributed by atoms with E-state index in [0.717, 1.165) is 0 Å². The Morgan fingerprint density at radius 2 is 1.84 bits per heavy atom. The molecule has 0 radical (unpaired) electrons. The minimum absolute atomic E-state index is 0. The number of hydrogen-bond donors (Lipinski definition) is 0. The summed E-state index contributed by atoms with van der Waals surface area (Å²) in [5, 5.41) is 0. The molecule has 5 nitrogen and oxygen atoms in total. The average molecular weight is 289 g/mol. The Bertz CT molecular complexity index is 443. The molecule has 10 heteroatoms.